The highest BCUT2D eigenvalue weighted by Crippen LogP contribution is 2.26. The van der Waals surface area contributed by atoms with Crippen molar-refractivity contribution in [2.75, 3.05) is 16.4 Å². The maximum atomic E-state index is 12.2. The summed E-state index contributed by atoms with van der Waals surface area (Å²) in [5.41, 5.74) is 2.10. The molecule has 0 atom stereocenters. The van der Waals surface area contributed by atoms with E-state index in [1.807, 2.05) is 0 Å². The first-order chi connectivity index (χ1) is 11.4. The van der Waals surface area contributed by atoms with Gasteiger partial charge in [-0.3, -0.25) is 9.59 Å². The van der Waals surface area contributed by atoms with Gasteiger partial charge in [-0.15, -0.1) is 0 Å². The third-order valence-corrected chi connectivity index (χ3v) is 5.45. The van der Waals surface area contributed by atoms with E-state index < -0.39 is 9.84 Å². The first-order valence-corrected chi connectivity index (χ1v) is 9.10. The van der Waals surface area contributed by atoms with Crippen molar-refractivity contribution in [3.63, 3.8) is 0 Å². The van der Waals surface area contributed by atoms with Crippen LogP contribution >= 0.6 is 0 Å². The average Bonchev–Trinajstić information content (AvgIpc) is 2.93. The van der Waals surface area contributed by atoms with Gasteiger partial charge in [0.1, 0.15) is 0 Å². The Morgan fingerprint density at radius 2 is 1.88 bits per heavy atom. The second-order valence-electron chi connectivity index (χ2n) is 5.53. The quantitative estimate of drug-likeness (QED) is 0.867. The summed E-state index contributed by atoms with van der Waals surface area (Å²) in [6, 6.07) is 13.2. The molecule has 0 spiro atoms. The van der Waals surface area contributed by atoms with Crippen LogP contribution in [0.2, 0.25) is 0 Å². The van der Waals surface area contributed by atoms with Crippen molar-refractivity contribution >= 4 is 33.0 Å². The minimum absolute atomic E-state index is 0.0811. The van der Waals surface area contributed by atoms with E-state index in [-0.39, 0.29) is 35.3 Å². The molecular weight excluding hydrogens is 328 g/mol. The Morgan fingerprint density at radius 3 is 2.62 bits per heavy atom. The van der Waals surface area contributed by atoms with Gasteiger partial charge in [0.15, 0.2) is 9.84 Å². The van der Waals surface area contributed by atoms with Crippen molar-refractivity contribution < 1.29 is 18.0 Å². The predicted octanol–water partition coefficient (Wildman–Crippen LogP) is 1.98. The number of anilines is 2. The molecule has 1 aliphatic rings. The second kappa shape index (κ2) is 6.45. The monoisotopic (exact) mass is 344 g/mol. The average molecular weight is 344 g/mol. The highest BCUT2D eigenvalue weighted by molar-refractivity contribution is 7.91. The molecule has 3 rings (SSSR count). The van der Waals surface area contributed by atoms with Crippen LogP contribution in [0.25, 0.3) is 0 Å². The summed E-state index contributed by atoms with van der Waals surface area (Å²) < 4.78 is 24.3. The molecule has 7 heteroatoms. The third-order valence-electron chi connectivity index (χ3n) is 3.71. The van der Waals surface area contributed by atoms with Gasteiger partial charge in [-0.05, 0) is 35.9 Å². The largest absolute Gasteiger partial charge is 0.326 e. The molecule has 2 aromatic carbocycles. The Morgan fingerprint density at radius 1 is 1.12 bits per heavy atom. The van der Waals surface area contributed by atoms with Crippen LogP contribution in [0.4, 0.5) is 11.4 Å². The maximum Gasteiger partial charge on any atom is 0.228 e. The number of benzene rings is 2. The molecule has 0 fully saturated rings. The van der Waals surface area contributed by atoms with Gasteiger partial charge >= 0.3 is 0 Å². The minimum Gasteiger partial charge on any atom is -0.326 e. The smallest absolute Gasteiger partial charge is 0.228 e. The first kappa shape index (κ1) is 16.2. The Kier molecular flexibility index (Phi) is 4.35. The van der Waals surface area contributed by atoms with Crippen molar-refractivity contribution in [1.29, 1.82) is 0 Å². The van der Waals surface area contributed by atoms with E-state index in [4.69, 9.17) is 0 Å². The molecule has 0 radical (unpaired) electrons. The summed E-state index contributed by atoms with van der Waals surface area (Å²) in [5.74, 6) is -0.720. The van der Waals surface area contributed by atoms with Crippen molar-refractivity contribution in [3.05, 3.63) is 54.1 Å². The first-order valence-electron chi connectivity index (χ1n) is 7.44. The standard InChI is InChI=1S/C17H16N2O4S/c20-16(8-9-24(22,23)14-4-2-1-3-5-14)18-13-6-7-15-12(10-13)11-17(21)19-15/h1-7,10H,8-9,11H2,(H,18,20)(H,19,21). The van der Waals surface area contributed by atoms with E-state index in [0.717, 1.165) is 11.3 Å². The van der Waals surface area contributed by atoms with Crippen LogP contribution in [0.5, 0.6) is 0 Å². The summed E-state index contributed by atoms with van der Waals surface area (Å²) in [6.45, 7) is 0. The van der Waals surface area contributed by atoms with Crippen LogP contribution in [0.1, 0.15) is 12.0 Å². The lowest BCUT2D eigenvalue weighted by atomic mass is 10.1. The highest BCUT2D eigenvalue weighted by Gasteiger charge is 2.19. The van der Waals surface area contributed by atoms with Crippen LogP contribution in [0.15, 0.2) is 53.4 Å². The van der Waals surface area contributed by atoms with Crippen LogP contribution in [0, 0.1) is 0 Å². The number of fused-ring (bicyclic) bond motifs is 1. The zero-order chi connectivity index (χ0) is 17.2. The fraction of sp³-hybridized carbons (Fsp3) is 0.176. The number of nitrogens with one attached hydrogen (secondary N) is 2. The number of rotatable bonds is 5. The van der Waals surface area contributed by atoms with E-state index in [2.05, 4.69) is 10.6 Å². The molecule has 1 aliphatic heterocycles. The summed E-state index contributed by atoms with van der Waals surface area (Å²) in [4.78, 5) is 23.5. The van der Waals surface area contributed by atoms with Crippen molar-refractivity contribution in [2.24, 2.45) is 0 Å². The lowest BCUT2D eigenvalue weighted by Crippen LogP contribution is -2.17. The van der Waals surface area contributed by atoms with E-state index in [1.54, 1.807) is 36.4 Å². The van der Waals surface area contributed by atoms with Gasteiger partial charge in [0, 0.05) is 17.8 Å². The molecule has 2 aromatic rings. The molecule has 0 saturated carbocycles. The molecule has 6 nitrogen and oxygen atoms in total. The molecule has 0 saturated heterocycles. The van der Waals surface area contributed by atoms with Gasteiger partial charge in [-0.1, -0.05) is 18.2 Å². The van der Waals surface area contributed by atoms with Gasteiger partial charge in [0.2, 0.25) is 11.8 Å². The summed E-state index contributed by atoms with van der Waals surface area (Å²) >= 11 is 0. The number of hydrogen-bond donors (Lipinski definition) is 2. The third kappa shape index (κ3) is 3.62. The maximum absolute atomic E-state index is 12.2. The second-order valence-corrected chi connectivity index (χ2v) is 7.64. The minimum atomic E-state index is -3.48. The molecule has 0 unspecified atom stereocenters. The zero-order valence-electron chi connectivity index (χ0n) is 12.8. The van der Waals surface area contributed by atoms with Crippen molar-refractivity contribution in [3.8, 4) is 0 Å². The van der Waals surface area contributed by atoms with Crippen LogP contribution < -0.4 is 10.6 Å². The molecule has 2 amide bonds. The number of carbonyl (C=O) groups is 2. The van der Waals surface area contributed by atoms with Gasteiger partial charge in [-0.2, -0.15) is 0 Å². The van der Waals surface area contributed by atoms with Crippen LogP contribution in [0.3, 0.4) is 0 Å². The highest BCUT2D eigenvalue weighted by atomic mass is 32.2. The zero-order valence-corrected chi connectivity index (χ0v) is 13.6. The summed E-state index contributed by atoms with van der Waals surface area (Å²) in [5, 5.41) is 5.38. The van der Waals surface area contributed by atoms with E-state index in [0.29, 0.717) is 5.69 Å². The predicted molar refractivity (Wildman–Crippen MR) is 90.5 cm³/mol. The van der Waals surface area contributed by atoms with Crippen LogP contribution in [-0.2, 0) is 25.8 Å². The Bertz CT molecular complexity index is 892. The van der Waals surface area contributed by atoms with E-state index >= 15 is 0 Å². The Balaban J connectivity index is 1.61. The van der Waals surface area contributed by atoms with E-state index in [9.17, 15) is 18.0 Å². The number of amides is 2. The SMILES string of the molecule is O=C(CCS(=O)(=O)c1ccccc1)Nc1ccc2c(c1)CC(=O)N2. The van der Waals surface area contributed by atoms with Crippen LogP contribution in [-0.4, -0.2) is 26.0 Å². The lowest BCUT2D eigenvalue weighted by molar-refractivity contribution is -0.116. The number of sulfone groups is 1. The normalized spacial score (nSPS) is 13.2. The molecule has 0 aromatic heterocycles. The fourth-order valence-electron chi connectivity index (χ4n) is 2.50. The molecule has 0 aliphatic carbocycles. The molecule has 124 valence electrons. The number of carbonyl (C=O) groups excluding carboxylic acids is 2. The summed E-state index contributed by atoms with van der Waals surface area (Å²) in [6.07, 6.45) is 0.146. The van der Waals surface area contributed by atoms with Gasteiger partial charge in [0.25, 0.3) is 0 Å². The molecule has 2 N–H and O–H groups in total. The molecule has 24 heavy (non-hydrogen) atoms. The Labute approximate surface area is 139 Å². The van der Waals surface area contributed by atoms with Crippen molar-refractivity contribution in [2.45, 2.75) is 17.7 Å². The molecule has 0 bridgehead atoms. The van der Waals surface area contributed by atoms with Gasteiger partial charge in [0.05, 0.1) is 17.1 Å². The van der Waals surface area contributed by atoms with Gasteiger partial charge < -0.3 is 10.6 Å². The van der Waals surface area contributed by atoms with E-state index in [1.165, 1.54) is 12.1 Å². The fourth-order valence-corrected chi connectivity index (χ4v) is 3.76. The Hall–Kier alpha value is -2.67. The number of hydrogen-bond acceptors (Lipinski definition) is 4. The molecular formula is C17H16N2O4S. The summed E-state index contributed by atoms with van der Waals surface area (Å²) in [7, 11) is -3.48. The molecule has 1 heterocycles. The lowest BCUT2D eigenvalue weighted by Gasteiger charge is -2.08. The topological polar surface area (TPSA) is 92.3 Å². The van der Waals surface area contributed by atoms with Crippen molar-refractivity contribution in [1.82, 2.24) is 0 Å². The van der Waals surface area contributed by atoms with Gasteiger partial charge in [-0.25, -0.2) is 8.42 Å².